The van der Waals surface area contributed by atoms with Crippen LogP contribution in [0.5, 0.6) is 0 Å². The first-order valence-electron chi connectivity index (χ1n) is 8.50. The van der Waals surface area contributed by atoms with Gasteiger partial charge in [0.25, 0.3) is 11.6 Å². The molecule has 1 aromatic rings. The Labute approximate surface area is 156 Å². The molecule has 0 radical (unpaired) electrons. The normalized spacial score (nSPS) is 19.3. The third-order valence-electron chi connectivity index (χ3n) is 4.84. The van der Waals surface area contributed by atoms with Gasteiger partial charge in [-0.15, -0.1) is 0 Å². The zero-order valence-electron chi connectivity index (χ0n) is 14.1. The van der Waals surface area contributed by atoms with Crippen molar-refractivity contribution >= 4 is 33.2 Å². The number of rotatable bonds is 6. The first-order valence-corrected chi connectivity index (χ1v) is 10.4. The van der Waals surface area contributed by atoms with Crippen molar-refractivity contribution in [1.29, 1.82) is 0 Å². The van der Waals surface area contributed by atoms with E-state index in [4.69, 9.17) is 11.6 Å². The van der Waals surface area contributed by atoms with E-state index in [-0.39, 0.29) is 27.4 Å². The van der Waals surface area contributed by atoms with Crippen LogP contribution in [0.1, 0.15) is 36.0 Å². The molecule has 3 rings (SSSR count). The number of nitro benzene ring substituents is 1. The third-order valence-corrected chi connectivity index (χ3v) is 7.55. The number of hydrogen-bond acceptors (Lipinski definition) is 5. The summed E-state index contributed by atoms with van der Waals surface area (Å²) in [5.74, 6) is -0.195. The van der Waals surface area contributed by atoms with E-state index in [0.717, 1.165) is 18.9 Å². The standard InChI is InChI=1S/C16H20ClN3O5S/c17-15-9-12(20(22)23)1-4-14(15)16(21)18-10-11-5-7-19(8-6-11)26(24,25)13-2-3-13/h1,4,9,11,13H,2-3,5-8,10H2,(H,18,21). The molecule has 2 aliphatic rings. The number of carbonyl (C=O) groups is 1. The van der Waals surface area contributed by atoms with E-state index >= 15 is 0 Å². The zero-order valence-corrected chi connectivity index (χ0v) is 15.6. The van der Waals surface area contributed by atoms with Gasteiger partial charge in [-0.05, 0) is 37.7 Å². The van der Waals surface area contributed by atoms with Crippen LogP contribution in [0.2, 0.25) is 5.02 Å². The van der Waals surface area contributed by atoms with Crippen LogP contribution in [0.4, 0.5) is 5.69 Å². The molecule has 0 aromatic heterocycles. The lowest BCUT2D eigenvalue weighted by atomic mass is 9.98. The molecule has 0 atom stereocenters. The summed E-state index contributed by atoms with van der Waals surface area (Å²) in [6, 6.07) is 3.72. The monoisotopic (exact) mass is 401 g/mol. The summed E-state index contributed by atoms with van der Waals surface area (Å²) in [7, 11) is -3.13. The fourth-order valence-corrected chi connectivity index (χ4v) is 5.21. The largest absolute Gasteiger partial charge is 0.352 e. The number of nitrogens with one attached hydrogen (secondary N) is 1. The van der Waals surface area contributed by atoms with Crippen LogP contribution < -0.4 is 5.32 Å². The highest BCUT2D eigenvalue weighted by atomic mass is 35.5. The van der Waals surface area contributed by atoms with E-state index in [0.29, 0.717) is 32.5 Å². The van der Waals surface area contributed by atoms with Crippen molar-refractivity contribution in [3.05, 3.63) is 38.9 Å². The first kappa shape index (κ1) is 19.1. The molecule has 142 valence electrons. The van der Waals surface area contributed by atoms with Crippen LogP contribution in [0, 0.1) is 16.0 Å². The summed E-state index contributed by atoms with van der Waals surface area (Å²) in [6.45, 7) is 1.39. The molecule has 0 unspecified atom stereocenters. The number of nitro groups is 1. The van der Waals surface area contributed by atoms with E-state index in [1.54, 1.807) is 4.31 Å². The van der Waals surface area contributed by atoms with Gasteiger partial charge in [0.05, 0.1) is 20.8 Å². The van der Waals surface area contributed by atoms with Crippen LogP contribution >= 0.6 is 11.6 Å². The Morgan fingerprint density at radius 2 is 1.92 bits per heavy atom. The minimum Gasteiger partial charge on any atom is -0.352 e. The molecule has 1 aliphatic heterocycles. The number of hydrogen-bond donors (Lipinski definition) is 1. The number of halogens is 1. The van der Waals surface area contributed by atoms with Crippen LogP contribution in [-0.2, 0) is 10.0 Å². The molecule has 1 amide bonds. The predicted octanol–water partition coefficient (Wildman–Crippen LogP) is 2.18. The van der Waals surface area contributed by atoms with Gasteiger partial charge in [-0.3, -0.25) is 14.9 Å². The summed E-state index contributed by atoms with van der Waals surface area (Å²) in [5, 5.41) is 13.3. The van der Waals surface area contributed by atoms with Crippen molar-refractivity contribution in [2.45, 2.75) is 30.9 Å². The van der Waals surface area contributed by atoms with Crippen molar-refractivity contribution < 1.29 is 18.1 Å². The van der Waals surface area contributed by atoms with Gasteiger partial charge in [-0.1, -0.05) is 11.6 Å². The molecular formula is C16H20ClN3O5S. The van der Waals surface area contributed by atoms with E-state index in [2.05, 4.69) is 5.32 Å². The average Bonchev–Trinajstić information content (AvgIpc) is 3.45. The highest BCUT2D eigenvalue weighted by Gasteiger charge is 2.41. The number of carbonyl (C=O) groups excluding carboxylic acids is 1. The molecule has 1 saturated carbocycles. The van der Waals surface area contributed by atoms with Gasteiger partial charge in [0.1, 0.15) is 0 Å². The molecule has 1 heterocycles. The average molecular weight is 402 g/mol. The van der Waals surface area contributed by atoms with Gasteiger partial charge in [-0.2, -0.15) is 0 Å². The first-order chi connectivity index (χ1) is 12.3. The number of benzene rings is 1. The molecule has 10 heteroatoms. The minimum absolute atomic E-state index is 0.0297. The van der Waals surface area contributed by atoms with Crippen LogP contribution in [0.15, 0.2) is 18.2 Å². The molecule has 1 saturated heterocycles. The minimum atomic E-state index is -3.13. The zero-order chi connectivity index (χ0) is 18.9. The second-order valence-corrected chi connectivity index (χ2v) is 9.34. The van der Waals surface area contributed by atoms with Gasteiger partial charge in [0.2, 0.25) is 10.0 Å². The fraction of sp³-hybridized carbons (Fsp3) is 0.562. The smallest absolute Gasteiger partial charge is 0.270 e. The Balaban J connectivity index is 1.50. The quantitative estimate of drug-likeness (QED) is 0.580. The van der Waals surface area contributed by atoms with E-state index in [9.17, 15) is 23.3 Å². The summed E-state index contributed by atoms with van der Waals surface area (Å²) in [6.07, 6.45) is 2.91. The molecule has 0 bridgehead atoms. The van der Waals surface area contributed by atoms with E-state index in [1.165, 1.54) is 12.1 Å². The topological polar surface area (TPSA) is 110 Å². The highest BCUT2D eigenvalue weighted by molar-refractivity contribution is 7.90. The number of non-ortho nitro benzene ring substituents is 1. The molecule has 26 heavy (non-hydrogen) atoms. The Hall–Kier alpha value is -1.71. The Morgan fingerprint density at radius 3 is 2.46 bits per heavy atom. The van der Waals surface area contributed by atoms with Crippen molar-refractivity contribution in [1.82, 2.24) is 9.62 Å². The Bertz CT molecular complexity index is 817. The second kappa shape index (κ2) is 7.50. The lowest BCUT2D eigenvalue weighted by Gasteiger charge is -2.31. The summed E-state index contributed by atoms with van der Waals surface area (Å²) < 4.78 is 26.0. The van der Waals surface area contributed by atoms with E-state index < -0.39 is 20.9 Å². The maximum atomic E-state index is 12.2. The van der Waals surface area contributed by atoms with Crippen molar-refractivity contribution in [3.8, 4) is 0 Å². The molecule has 2 fully saturated rings. The molecule has 1 aromatic carbocycles. The molecular weight excluding hydrogens is 382 g/mol. The van der Waals surface area contributed by atoms with Gasteiger partial charge in [-0.25, -0.2) is 12.7 Å². The van der Waals surface area contributed by atoms with Crippen LogP contribution in [0.3, 0.4) is 0 Å². The van der Waals surface area contributed by atoms with Crippen molar-refractivity contribution in [2.24, 2.45) is 5.92 Å². The van der Waals surface area contributed by atoms with Gasteiger partial charge in [0, 0.05) is 31.8 Å². The van der Waals surface area contributed by atoms with Gasteiger partial charge < -0.3 is 5.32 Å². The number of nitrogens with zero attached hydrogens (tertiary/aromatic N) is 2. The Morgan fingerprint density at radius 1 is 1.27 bits per heavy atom. The summed E-state index contributed by atoms with van der Waals surface area (Å²) in [4.78, 5) is 22.4. The maximum Gasteiger partial charge on any atom is 0.270 e. The lowest BCUT2D eigenvalue weighted by Crippen LogP contribution is -2.42. The fourth-order valence-electron chi connectivity index (χ4n) is 3.08. The third kappa shape index (κ3) is 4.16. The molecule has 8 nitrogen and oxygen atoms in total. The number of sulfonamides is 1. The highest BCUT2D eigenvalue weighted by Crippen LogP contribution is 2.33. The number of amides is 1. The summed E-state index contributed by atoms with van der Waals surface area (Å²) in [5.41, 5.74) is 0.0156. The van der Waals surface area contributed by atoms with Crippen LogP contribution in [-0.4, -0.2) is 48.4 Å². The molecule has 0 spiro atoms. The van der Waals surface area contributed by atoms with E-state index in [1.807, 2.05) is 0 Å². The maximum absolute atomic E-state index is 12.2. The van der Waals surface area contributed by atoms with Crippen molar-refractivity contribution in [2.75, 3.05) is 19.6 Å². The lowest BCUT2D eigenvalue weighted by molar-refractivity contribution is -0.384. The Kier molecular flexibility index (Phi) is 5.50. The number of piperidine rings is 1. The second-order valence-electron chi connectivity index (χ2n) is 6.72. The van der Waals surface area contributed by atoms with Crippen LogP contribution in [0.25, 0.3) is 0 Å². The SMILES string of the molecule is O=C(NCC1CCN(S(=O)(=O)C2CC2)CC1)c1ccc([N+](=O)[O-])cc1Cl. The molecule has 1 aliphatic carbocycles. The molecule has 1 N–H and O–H groups in total. The van der Waals surface area contributed by atoms with Gasteiger partial charge >= 0.3 is 0 Å². The predicted molar refractivity (Wildman–Crippen MR) is 96.7 cm³/mol. The summed E-state index contributed by atoms with van der Waals surface area (Å²) >= 11 is 5.96. The van der Waals surface area contributed by atoms with Gasteiger partial charge in [0.15, 0.2) is 0 Å². The van der Waals surface area contributed by atoms with Crippen molar-refractivity contribution in [3.63, 3.8) is 0 Å².